The van der Waals surface area contributed by atoms with E-state index in [0.29, 0.717) is 11.8 Å². The molecule has 0 N–H and O–H groups in total. The van der Waals surface area contributed by atoms with Crippen molar-refractivity contribution >= 4 is 12.6 Å². The van der Waals surface area contributed by atoms with E-state index in [-0.39, 0.29) is 0 Å². The Morgan fingerprint density at radius 3 is 2.81 bits per heavy atom. The first kappa shape index (κ1) is 13.4. The van der Waals surface area contributed by atoms with Crippen LogP contribution in [-0.4, -0.2) is 22.1 Å². The zero-order valence-electron chi connectivity index (χ0n) is 10.4. The molecule has 1 aromatic heterocycles. The molecule has 0 aromatic carbocycles. The van der Waals surface area contributed by atoms with E-state index in [1.54, 1.807) is 6.20 Å². The quantitative estimate of drug-likeness (QED) is 0.744. The fourth-order valence-corrected chi connectivity index (χ4v) is 1.96. The minimum absolute atomic E-state index is 0.498. The molecule has 4 heteroatoms. The summed E-state index contributed by atoms with van der Waals surface area (Å²) in [4.78, 5) is 0. The number of rotatable bonds is 7. The third kappa shape index (κ3) is 4.08. The second kappa shape index (κ2) is 6.84. The second-order valence-corrected chi connectivity index (χ2v) is 4.80. The maximum atomic E-state index is 5.72. The molecule has 0 aliphatic heterocycles. The predicted molar refractivity (Wildman–Crippen MR) is 70.2 cm³/mol. The van der Waals surface area contributed by atoms with Gasteiger partial charge in [-0.25, -0.2) is 0 Å². The summed E-state index contributed by atoms with van der Waals surface area (Å²) in [5.41, 5.74) is 0. The largest absolute Gasteiger partial charge is 0.490 e. The maximum Gasteiger partial charge on any atom is 0.157 e. The summed E-state index contributed by atoms with van der Waals surface area (Å²) in [5, 5.41) is 4.23. The van der Waals surface area contributed by atoms with Crippen LogP contribution in [0.2, 0.25) is 0 Å². The van der Waals surface area contributed by atoms with Crippen molar-refractivity contribution in [2.24, 2.45) is 11.8 Å². The molecule has 3 nitrogen and oxygen atoms in total. The highest BCUT2D eigenvalue weighted by Crippen LogP contribution is 2.16. The Bertz CT molecular complexity index is 299. The average molecular weight is 242 g/mol. The molecule has 0 aliphatic carbocycles. The molecule has 0 saturated heterocycles. The molecule has 16 heavy (non-hydrogen) atoms. The van der Waals surface area contributed by atoms with Gasteiger partial charge in [0.2, 0.25) is 0 Å². The van der Waals surface area contributed by atoms with Gasteiger partial charge in [0, 0.05) is 12.5 Å². The lowest BCUT2D eigenvalue weighted by Crippen LogP contribution is -2.19. The number of aromatic nitrogens is 2. The van der Waals surface area contributed by atoms with Crippen molar-refractivity contribution in [2.45, 2.75) is 33.7 Å². The van der Waals surface area contributed by atoms with E-state index in [4.69, 9.17) is 4.74 Å². The van der Waals surface area contributed by atoms with Crippen molar-refractivity contribution < 1.29 is 4.74 Å². The van der Waals surface area contributed by atoms with Gasteiger partial charge in [-0.2, -0.15) is 17.7 Å². The van der Waals surface area contributed by atoms with Crippen LogP contribution in [0.4, 0.5) is 0 Å². The molecule has 92 valence electrons. The van der Waals surface area contributed by atoms with Crippen LogP contribution >= 0.6 is 12.6 Å². The molecule has 0 aliphatic rings. The molecule has 0 spiro atoms. The molecule has 1 atom stereocenters. The van der Waals surface area contributed by atoms with Crippen molar-refractivity contribution in [3.05, 3.63) is 12.4 Å². The van der Waals surface area contributed by atoms with Crippen molar-refractivity contribution in [2.75, 3.05) is 12.4 Å². The third-order valence-electron chi connectivity index (χ3n) is 2.70. The molecule has 0 bridgehead atoms. The molecule has 0 radical (unpaired) electrons. The zero-order valence-corrected chi connectivity index (χ0v) is 11.3. The summed E-state index contributed by atoms with van der Waals surface area (Å²) in [7, 11) is 0. The van der Waals surface area contributed by atoms with Crippen molar-refractivity contribution in [1.29, 1.82) is 0 Å². The molecule has 0 fully saturated rings. The van der Waals surface area contributed by atoms with Crippen molar-refractivity contribution in [3.63, 3.8) is 0 Å². The molecule has 1 aromatic rings. The zero-order chi connectivity index (χ0) is 12.0. The van der Waals surface area contributed by atoms with E-state index in [2.05, 4.69) is 38.5 Å². The maximum absolute atomic E-state index is 5.72. The molecular formula is C12H22N2OS. The van der Waals surface area contributed by atoms with Gasteiger partial charge in [0.15, 0.2) is 5.75 Å². The topological polar surface area (TPSA) is 27.1 Å². The van der Waals surface area contributed by atoms with Gasteiger partial charge in [-0.1, -0.05) is 20.8 Å². The fourth-order valence-electron chi connectivity index (χ4n) is 1.43. The van der Waals surface area contributed by atoms with E-state index in [1.165, 1.54) is 0 Å². The normalized spacial score (nSPS) is 13.1. The van der Waals surface area contributed by atoms with Crippen LogP contribution in [0.3, 0.4) is 0 Å². The van der Waals surface area contributed by atoms with Gasteiger partial charge in [0.25, 0.3) is 0 Å². The summed E-state index contributed by atoms with van der Waals surface area (Å²) in [6, 6.07) is 0. The Morgan fingerprint density at radius 2 is 2.25 bits per heavy atom. The summed E-state index contributed by atoms with van der Waals surface area (Å²) < 4.78 is 7.63. The minimum Gasteiger partial charge on any atom is -0.490 e. The first-order valence-electron chi connectivity index (χ1n) is 5.93. The van der Waals surface area contributed by atoms with Crippen molar-refractivity contribution in [1.82, 2.24) is 9.78 Å². The highest BCUT2D eigenvalue weighted by atomic mass is 32.1. The van der Waals surface area contributed by atoms with E-state index in [1.807, 2.05) is 10.9 Å². The standard InChI is InChI=1S/C12H22N2OS/c1-4-5-14-7-12(6-13-14)15-8-11(9-16)10(2)3/h6-7,10-11,16H,4-5,8-9H2,1-3H3. The summed E-state index contributed by atoms with van der Waals surface area (Å²) in [5.74, 6) is 2.82. The van der Waals surface area contributed by atoms with Gasteiger partial charge in [-0.3, -0.25) is 4.68 Å². The Hall–Kier alpha value is -0.640. The average Bonchev–Trinajstić information content (AvgIpc) is 2.67. The van der Waals surface area contributed by atoms with Crippen LogP contribution in [0, 0.1) is 11.8 Å². The van der Waals surface area contributed by atoms with Crippen molar-refractivity contribution in [3.8, 4) is 5.75 Å². The molecular weight excluding hydrogens is 220 g/mol. The van der Waals surface area contributed by atoms with E-state index < -0.39 is 0 Å². The van der Waals surface area contributed by atoms with Crippen LogP contribution in [0.15, 0.2) is 12.4 Å². The fraction of sp³-hybridized carbons (Fsp3) is 0.750. The van der Waals surface area contributed by atoms with Crippen LogP contribution in [-0.2, 0) is 6.54 Å². The molecule has 1 unspecified atom stereocenters. The summed E-state index contributed by atoms with van der Waals surface area (Å²) >= 11 is 4.34. The van der Waals surface area contributed by atoms with Gasteiger partial charge < -0.3 is 4.74 Å². The first-order chi connectivity index (χ1) is 7.67. The van der Waals surface area contributed by atoms with Gasteiger partial charge >= 0.3 is 0 Å². The number of nitrogens with zero attached hydrogens (tertiary/aromatic N) is 2. The van der Waals surface area contributed by atoms with Crippen LogP contribution < -0.4 is 4.74 Å². The lowest BCUT2D eigenvalue weighted by atomic mass is 9.99. The lowest BCUT2D eigenvalue weighted by molar-refractivity contribution is 0.227. The Labute approximate surface area is 104 Å². The van der Waals surface area contributed by atoms with E-state index >= 15 is 0 Å². The Morgan fingerprint density at radius 1 is 1.50 bits per heavy atom. The number of ether oxygens (including phenoxy) is 1. The number of thiol groups is 1. The third-order valence-corrected chi connectivity index (χ3v) is 3.17. The Balaban J connectivity index is 2.41. The predicted octanol–water partition coefficient (Wildman–Crippen LogP) is 2.87. The smallest absolute Gasteiger partial charge is 0.157 e. The SMILES string of the molecule is CCCn1cc(OCC(CS)C(C)C)cn1. The highest BCUT2D eigenvalue weighted by molar-refractivity contribution is 7.80. The monoisotopic (exact) mass is 242 g/mol. The molecule has 1 rings (SSSR count). The number of hydrogen-bond donors (Lipinski definition) is 1. The molecule has 0 saturated carbocycles. The van der Waals surface area contributed by atoms with E-state index in [9.17, 15) is 0 Å². The lowest BCUT2D eigenvalue weighted by Gasteiger charge is -2.18. The minimum atomic E-state index is 0.498. The van der Waals surface area contributed by atoms with Crippen LogP contribution in [0.1, 0.15) is 27.2 Å². The van der Waals surface area contributed by atoms with Gasteiger partial charge in [0.05, 0.1) is 19.0 Å². The Kier molecular flexibility index (Phi) is 5.74. The summed E-state index contributed by atoms with van der Waals surface area (Å²) in [6.45, 7) is 8.20. The van der Waals surface area contributed by atoms with Crippen LogP contribution in [0.5, 0.6) is 5.75 Å². The highest BCUT2D eigenvalue weighted by Gasteiger charge is 2.12. The molecule has 0 amide bonds. The second-order valence-electron chi connectivity index (χ2n) is 4.44. The molecule has 1 heterocycles. The number of hydrogen-bond acceptors (Lipinski definition) is 3. The number of aryl methyl sites for hydroxylation is 1. The van der Waals surface area contributed by atoms with Gasteiger partial charge in [-0.15, -0.1) is 0 Å². The van der Waals surface area contributed by atoms with Crippen LogP contribution in [0.25, 0.3) is 0 Å². The van der Waals surface area contributed by atoms with Gasteiger partial charge in [0.1, 0.15) is 0 Å². The summed E-state index contributed by atoms with van der Waals surface area (Å²) in [6.07, 6.45) is 4.83. The van der Waals surface area contributed by atoms with E-state index in [0.717, 1.165) is 31.1 Å². The first-order valence-corrected chi connectivity index (χ1v) is 6.56. The van der Waals surface area contributed by atoms with Gasteiger partial charge in [-0.05, 0) is 18.1 Å².